The van der Waals surface area contributed by atoms with Crippen molar-refractivity contribution in [2.24, 2.45) is 0 Å². The zero-order valence-electron chi connectivity index (χ0n) is 27.0. The van der Waals surface area contributed by atoms with E-state index in [0.717, 1.165) is 62.7 Å². The van der Waals surface area contributed by atoms with Crippen molar-refractivity contribution < 1.29 is 18.7 Å². The molecule has 9 nitrogen and oxygen atoms in total. The third-order valence-corrected chi connectivity index (χ3v) is 10.1. The minimum Gasteiger partial charge on any atom is -0.461 e. The largest absolute Gasteiger partial charge is 0.461 e. The molecule has 0 radical (unpaired) electrons. The molecule has 45 heavy (non-hydrogen) atoms. The molecule has 1 aromatic carbocycles. The second kappa shape index (κ2) is 11.7. The van der Waals surface area contributed by atoms with Crippen molar-refractivity contribution in [1.29, 1.82) is 0 Å². The maximum absolute atomic E-state index is 16.6. The van der Waals surface area contributed by atoms with Gasteiger partial charge in [-0.1, -0.05) is 37.6 Å². The van der Waals surface area contributed by atoms with Crippen LogP contribution >= 0.6 is 0 Å². The van der Waals surface area contributed by atoms with E-state index in [1.165, 1.54) is 12.8 Å². The number of piperazine rings is 1. The van der Waals surface area contributed by atoms with Crippen LogP contribution in [0.4, 0.5) is 15.0 Å². The van der Waals surface area contributed by atoms with Crippen molar-refractivity contribution in [1.82, 2.24) is 24.8 Å². The van der Waals surface area contributed by atoms with E-state index in [2.05, 4.69) is 21.7 Å². The highest BCUT2D eigenvalue weighted by Crippen LogP contribution is 2.41. The predicted octanol–water partition coefficient (Wildman–Crippen LogP) is 6.38. The first-order valence-corrected chi connectivity index (χ1v) is 16.7. The number of aromatic nitrogens is 3. The lowest BCUT2D eigenvalue weighted by Gasteiger charge is -2.42. The fourth-order valence-corrected chi connectivity index (χ4v) is 8.10. The standard InChI is InChI=1S/C35H45FN6O3/c1-5-10-23-11-6-7-12-26(23)29-28(36)30-27(19-37-29)31(39-32(38-30)44-22-35-15-8-17-41(35)18-9-16-35)40-20-24-13-14-25(21-40)42(24)33(43)45-34(2,3)4/h6-7,11-12,19,24-25H,5,8-10,13-18,20-22H2,1-4H3. The van der Waals surface area contributed by atoms with Crippen molar-refractivity contribution in [3.63, 3.8) is 0 Å². The number of hydrogen-bond donors (Lipinski definition) is 0. The van der Waals surface area contributed by atoms with E-state index in [-0.39, 0.29) is 35.2 Å². The smallest absolute Gasteiger partial charge is 0.410 e. The van der Waals surface area contributed by atoms with E-state index >= 15 is 4.39 Å². The van der Waals surface area contributed by atoms with Crippen LogP contribution in [-0.4, -0.2) is 86.9 Å². The minimum atomic E-state index is -0.562. The molecule has 10 heteroatoms. The number of nitrogens with zero attached hydrogens (tertiary/aromatic N) is 6. The molecule has 0 aliphatic carbocycles. The van der Waals surface area contributed by atoms with Gasteiger partial charge in [-0.05, 0) is 84.4 Å². The molecule has 6 heterocycles. The Morgan fingerprint density at radius 1 is 1.07 bits per heavy atom. The molecule has 4 fully saturated rings. The number of carbonyl (C=O) groups is 1. The maximum atomic E-state index is 16.6. The number of aryl methyl sites for hydroxylation is 1. The number of anilines is 1. The van der Waals surface area contributed by atoms with E-state index in [1.807, 2.05) is 49.9 Å². The number of amides is 1. The van der Waals surface area contributed by atoms with Crippen LogP contribution in [0.15, 0.2) is 30.5 Å². The number of benzene rings is 1. The second-order valence-corrected chi connectivity index (χ2v) is 14.3. The van der Waals surface area contributed by atoms with Gasteiger partial charge in [0.05, 0.1) is 23.0 Å². The summed E-state index contributed by atoms with van der Waals surface area (Å²) in [5, 5.41) is 0.559. The van der Waals surface area contributed by atoms with Crippen LogP contribution < -0.4 is 9.64 Å². The Morgan fingerprint density at radius 2 is 1.78 bits per heavy atom. The summed E-state index contributed by atoms with van der Waals surface area (Å²) in [5.41, 5.74) is 1.82. The molecule has 7 rings (SSSR count). The van der Waals surface area contributed by atoms with Crippen molar-refractivity contribution >= 4 is 22.8 Å². The summed E-state index contributed by atoms with van der Waals surface area (Å²) < 4.78 is 28.8. The van der Waals surface area contributed by atoms with Gasteiger partial charge in [-0.2, -0.15) is 9.97 Å². The van der Waals surface area contributed by atoms with Crippen LogP contribution in [0.25, 0.3) is 22.2 Å². The molecule has 1 amide bonds. The van der Waals surface area contributed by atoms with Crippen LogP contribution in [0.2, 0.25) is 0 Å². The minimum absolute atomic E-state index is 0.0116. The number of ether oxygens (including phenoxy) is 2. The van der Waals surface area contributed by atoms with Gasteiger partial charge < -0.3 is 14.4 Å². The number of carbonyl (C=O) groups excluding carboxylic acids is 1. The summed E-state index contributed by atoms with van der Waals surface area (Å²) in [6, 6.07) is 8.05. The van der Waals surface area contributed by atoms with Crippen molar-refractivity contribution in [3.05, 3.63) is 41.8 Å². The molecule has 4 saturated heterocycles. The van der Waals surface area contributed by atoms with Crippen LogP contribution in [0.3, 0.4) is 0 Å². The second-order valence-electron chi connectivity index (χ2n) is 14.3. The Labute approximate surface area is 265 Å². The molecule has 0 spiro atoms. The lowest BCUT2D eigenvalue weighted by molar-refractivity contribution is 0.0122. The Morgan fingerprint density at radius 3 is 2.47 bits per heavy atom. The van der Waals surface area contributed by atoms with Gasteiger partial charge in [-0.15, -0.1) is 0 Å². The molecule has 2 atom stereocenters. The topological polar surface area (TPSA) is 83.9 Å². The lowest BCUT2D eigenvalue weighted by Crippen LogP contribution is -2.57. The van der Waals surface area contributed by atoms with Crippen molar-refractivity contribution in [2.45, 2.75) is 102 Å². The normalized spacial score (nSPS) is 22.7. The molecule has 2 bridgehead atoms. The van der Waals surface area contributed by atoms with Gasteiger partial charge in [0.1, 0.15) is 29.2 Å². The maximum Gasteiger partial charge on any atom is 0.410 e. The molecule has 2 aromatic heterocycles. The summed E-state index contributed by atoms with van der Waals surface area (Å²) in [6.45, 7) is 11.6. The van der Waals surface area contributed by atoms with Crippen LogP contribution in [0.5, 0.6) is 6.01 Å². The summed E-state index contributed by atoms with van der Waals surface area (Å²) in [7, 11) is 0. The first-order valence-electron chi connectivity index (χ1n) is 16.7. The van der Waals surface area contributed by atoms with Gasteiger partial charge in [-0.25, -0.2) is 9.18 Å². The summed E-state index contributed by atoms with van der Waals surface area (Å²) >= 11 is 0. The predicted molar refractivity (Wildman–Crippen MR) is 172 cm³/mol. The van der Waals surface area contributed by atoms with E-state index in [1.54, 1.807) is 6.20 Å². The van der Waals surface area contributed by atoms with Gasteiger partial charge in [-0.3, -0.25) is 14.8 Å². The molecule has 3 aromatic rings. The molecule has 2 unspecified atom stereocenters. The van der Waals surface area contributed by atoms with Gasteiger partial charge in [0.15, 0.2) is 5.82 Å². The van der Waals surface area contributed by atoms with Gasteiger partial charge in [0, 0.05) is 24.8 Å². The number of halogens is 1. The SMILES string of the molecule is CCCc1ccccc1-c1ncc2c(N3CC4CCC(C3)N4C(=O)OC(C)(C)C)nc(OCC34CCCN3CCC4)nc2c1F. The van der Waals surface area contributed by atoms with E-state index in [0.29, 0.717) is 36.6 Å². The van der Waals surface area contributed by atoms with Gasteiger partial charge >= 0.3 is 12.1 Å². The quantitative estimate of drug-likeness (QED) is 0.303. The summed E-state index contributed by atoms with van der Waals surface area (Å²) in [5.74, 6) is 0.157. The average Bonchev–Trinajstić information content (AvgIpc) is 3.66. The van der Waals surface area contributed by atoms with Gasteiger partial charge in [0.2, 0.25) is 0 Å². The lowest BCUT2D eigenvalue weighted by atomic mass is 9.95. The number of fused-ring (bicyclic) bond motifs is 4. The van der Waals surface area contributed by atoms with Crippen LogP contribution in [0.1, 0.15) is 78.2 Å². The highest BCUT2D eigenvalue weighted by Gasteiger charge is 2.46. The van der Waals surface area contributed by atoms with Crippen LogP contribution in [-0.2, 0) is 11.2 Å². The van der Waals surface area contributed by atoms with Gasteiger partial charge in [0.25, 0.3) is 0 Å². The number of rotatable bonds is 7. The Balaban J connectivity index is 1.26. The van der Waals surface area contributed by atoms with E-state index in [9.17, 15) is 4.79 Å². The zero-order chi connectivity index (χ0) is 31.3. The fourth-order valence-electron chi connectivity index (χ4n) is 8.10. The first-order chi connectivity index (χ1) is 21.7. The first kappa shape index (κ1) is 30.1. The highest BCUT2D eigenvalue weighted by atomic mass is 19.1. The van der Waals surface area contributed by atoms with Crippen molar-refractivity contribution in [3.8, 4) is 17.3 Å². The molecule has 240 valence electrons. The van der Waals surface area contributed by atoms with E-state index in [4.69, 9.17) is 19.4 Å². The molecular formula is C35H45FN6O3. The zero-order valence-corrected chi connectivity index (χ0v) is 27.0. The monoisotopic (exact) mass is 616 g/mol. The summed E-state index contributed by atoms with van der Waals surface area (Å²) in [6.07, 6.45) is 9.52. The Bertz CT molecular complexity index is 1570. The third-order valence-electron chi connectivity index (χ3n) is 10.1. The fraction of sp³-hybridized carbons (Fsp3) is 0.600. The van der Waals surface area contributed by atoms with E-state index < -0.39 is 11.4 Å². The molecule has 4 aliphatic rings. The number of pyridine rings is 1. The Hall–Kier alpha value is -3.53. The number of hydrogen-bond acceptors (Lipinski definition) is 8. The molecule has 0 saturated carbocycles. The average molecular weight is 617 g/mol. The third kappa shape index (κ3) is 5.59. The van der Waals surface area contributed by atoms with Crippen LogP contribution in [0, 0.1) is 5.82 Å². The molecule has 4 aliphatic heterocycles. The molecular weight excluding hydrogens is 571 g/mol. The molecule has 0 N–H and O–H groups in total. The van der Waals surface area contributed by atoms with Crippen molar-refractivity contribution in [2.75, 3.05) is 37.7 Å². The Kier molecular flexibility index (Phi) is 7.82. The highest BCUT2D eigenvalue weighted by molar-refractivity contribution is 5.92. The summed E-state index contributed by atoms with van der Waals surface area (Å²) in [4.78, 5) is 34.1.